The van der Waals surface area contributed by atoms with Crippen molar-refractivity contribution in [3.05, 3.63) is 0 Å². The highest BCUT2D eigenvalue weighted by Crippen LogP contribution is 2.24. The van der Waals surface area contributed by atoms with E-state index in [4.69, 9.17) is 26.7 Å². The van der Waals surface area contributed by atoms with Gasteiger partial charge >= 0.3 is 5.97 Å². The van der Waals surface area contributed by atoms with Gasteiger partial charge in [-0.2, -0.15) is 0 Å². The fourth-order valence-electron chi connectivity index (χ4n) is 4.84. The summed E-state index contributed by atoms with van der Waals surface area (Å²) in [6, 6.07) is -6.43. The number of primary amides is 2. The van der Waals surface area contributed by atoms with E-state index in [9.17, 15) is 58.8 Å². The number of carboxylic acid groups (broad SMARTS) is 1. The van der Waals surface area contributed by atoms with E-state index in [-0.39, 0.29) is 32.2 Å². The van der Waals surface area contributed by atoms with Gasteiger partial charge in [0.05, 0.1) is 19.1 Å². The highest BCUT2D eigenvalue weighted by Gasteiger charge is 2.47. The molecule has 290 valence electrons. The summed E-state index contributed by atoms with van der Waals surface area (Å²) >= 11 is 0. The van der Waals surface area contributed by atoms with E-state index in [0.717, 1.165) is 6.92 Å². The summed E-state index contributed by atoms with van der Waals surface area (Å²) in [5, 5.41) is 51.5. The summed E-state index contributed by atoms with van der Waals surface area (Å²) in [4.78, 5) is 96.1. The highest BCUT2D eigenvalue weighted by molar-refractivity contribution is 5.92. The van der Waals surface area contributed by atoms with Crippen molar-refractivity contribution in [1.29, 1.82) is 0 Å². The molecule has 0 aromatic carbocycles. The number of ether oxygens (including phenoxy) is 2. The average Bonchev–Trinajstić information content (AvgIpc) is 3.04. The number of unbranched alkanes of at least 4 members (excludes halogenated alkanes) is 1. The SMILES string of the molecule is CC(=O)N[C@H]1C(O)O[C@H](CO)[C@@H](O)[C@@H]1O[C@H](C)C(=O)N[C@@H](C)C(=O)N[C@H](CCC(=O)N[C@@H](CCCCNC(=O)[C@@H](N)CC(N)=O)C(=O)O)C(N)=O. The van der Waals surface area contributed by atoms with Crippen molar-refractivity contribution in [3.8, 4) is 0 Å². The minimum atomic E-state index is -1.70. The quantitative estimate of drug-likeness (QED) is 0.0460. The molecule has 0 radical (unpaired) electrons. The van der Waals surface area contributed by atoms with Crippen LogP contribution in [0.4, 0.5) is 0 Å². The van der Waals surface area contributed by atoms with E-state index < -0.39 is 121 Å². The van der Waals surface area contributed by atoms with Gasteiger partial charge in [-0.05, 0) is 39.5 Å². The molecule has 0 saturated carbocycles. The zero-order chi connectivity index (χ0) is 39.0. The number of nitrogens with one attached hydrogen (secondary N) is 5. The Hall–Kier alpha value is -4.48. The van der Waals surface area contributed by atoms with Crippen molar-refractivity contribution in [2.75, 3.05) is 13.2 Å². The van der Waals surface area contributed by atoms with Crippen molar-refractivity contribution in [1.82, 2.24) is 26.6 Å². The molecule has 22 heteroatoms. The van der Waals surface area contributed by atoms with Crippen LogP contribution in [0, 0.1) is 0 Å². The van der Waals surface area contributed by atoms with Gasteiger partial charge in [-0.1, -0.05) is 0 Å². The summed E-state index contributed by atoms with van der Waals surface area (Å²) in [7, 11) is 0. The largest absolute Gasteiger partial charge is 0.480 e. The predicted molar refractivity (Wildman–Crippen MR) is 172 cm³/mol. The lowest BCUT2D eigenvalue weighted by Crippen LogP contribution is -2.65. The number of aliphatic carboxylic acids is 1. The number of aliphatic hydroxyl groups is 3. The van der Waals surface area contributed by atoms with Gasteiger partial charge in [0, 0.05) is 19.9 Å². The van der Waals surface area contributed by atoms with Gasteiger partial charge in [-0.3, -0.25) is 33.6 Å². The van der Waals surface area contributed by atoms with Crippen molar-refractivity contribution in [3.63, 3.8) is 0 Å². The van der Waals surface area contributed by atoms with E-state index in [1.54, 1.807) is 0 Å². The minimum Gasteiger partial charge on any atom is -0.480 e. The first-order chi connectivity index (χ1) is 23.8. The average molecular weight is 735 g/mol. The van der Waals surface area contributed by atoms with Crippen molar-refractivity contribution in [2.45, 2.75) is 120 Å². The van der Waals surface area contributed by atoms with Gasteiger partial charge in [0.25, 0.3) is 0 Å². The molecule has 0 aromatic rings. The fourth-order valence-corrected chi connectivity index (χ4v) is 4.84. The van der Waals surface area contributed by atoms with Crippen LogP contribution in [0.15, 0.2) is 0 Å². The Labute approximate surface area is 292 Å². The third-order valence-electron chi connectivity index (χ3n) is 7.66. The zero-order valence-corrected chi connectivity index (χ0v) is 28.5. The number of nitrogens with two attached hydrogens (primary N) is 3. The van der Waals surface area contributed by atoms with Crippen LogP contribution in [0.2, 0.25) is 0 Å². The summed E-state index contributed by atoms with van der Waals surface area (Å²) in [5.41, 5.74) is 15.9. The molecule has 15 N–H and O–H groups in total. The Morgan fingerprint density at radius 2 is 1.53 bits per heavy atom. The Bertz CT molecular complexity index is 1260. The molecular formula is C29H50N8O14. The molecule has 1 fully saturated rings. The molecule has 0 aromatic heterocycles. The maximum Gasteiger partial charge on any atom is 0.326 e. The topological polar surface area (TPSA) is 374 Å². The molecule has 10 atom stereocenters. The lowest BCUT2D eigenvalue weighted by Gasteiger charge is -2.43. The minimum absolute atomic E-state index is 0.0103. The molecule has 0 aliphatic carbocycles. The number of amides is 7. The van der Waals surface area contributed by atoms with Crippen LogP contribution in [-0.4, -0.2) is 142 Å². The van der Waals surface area contributed by atoms with Gasteiger partial charge < -0.3 is 73.7 Å². The highest BCUT2D eigenvalue weighted by atomic mass is 16.6. The normalized spacial score (nSPS) is 22.9. The second-order valence-electron chi connectivity index (χ2n) is 12.0. The predicted octanol–water partition coefficient (Wildman–Crippen LogP) is -6.35. The van der Waals surface area contributed by atoms with Crippen LogP contribution >= 0.6 is 0 Å². The molecule has 0 spiro atoms. The lowest BCUT2D eigenvalue weighted by molar-refractivity contribution is -0.266. The number of carbonyl (C=O) groups excluding carboxylic acids is 7. The molecule has 51 heavy (non-hydrogen) atoms. The maximum atomic E-state index is 12.8. The number of rotatable bonds is 22. The first-order valence-electron chi connectivity index (χ1n) is 16.1. The Balaban J connectivity index is 2.65. The number of hydrogen-bond acceptors (Lipinski definition) is 14. The Kier molecular flexibility index (Phi) is 18.9. The third-order valence-corrected chi connectivity index (χ3v) is 7.66. The summed E-state index contributed by atoms with van der Waals surface area (Å²) in [6.07, 6.45) is -7.87. The van der Waals surface area contributed by atoms with Crippen LogP contribution in [0.5, 0.6) is 0 Å². The fraction of sp³-hybridized carbons (Fsp3) is 0.724. The molecule has 1 unspecified atom stereocenters. The molecule has 1 heterocycles. The van der Waals surface area contributed by atoms with Gasteiger partial charge in [0.15, 0.2) is 6.29 Å². The number of carbonyl (C=O) groups is 8. The first-order valence-corrected chi connectivity index (χ1v) is 16.1. The van der Waals surface area contributed by atoms with Crippen LogP contribution in [0.25, 0.3) is 0 Å². The monoisotopic (exact) mass is 734 g/mol. The van der Waals surface area contributed by atoms with Crippen LogP contribution in [0.1, 0.15) is 59.3 Å². The molecule has 1 aliphatic rings. The van der Waals surface area contributed by atoms with Gasteiger partial charge in [0.1, 0.15) is 48.6 Å². The first kappa shape index (κ1) is 44.5. The van der Waals surface area contributed by atoms with E-state index >= 15 is 0 Å². The van der Waals surface area contributed by atoms with Crippen LogP contribution < -0.4 is 43.8 Å². The maximum absolute atomic E-state index is 12.8. The number of carboxylic acids is 1. The van der Waals surface area contributed by atoms with Crippen molar-refractivity contribution in [2.24, 2.45) is 17.2 Å². The van der Waals surface area contributed by atoms with Crippen molar-refractivity contribution < 1.29 is 68.3 Å². The van der Waals surface area contributed by atoms with E-state index in [2.05, 4.69) is 26.6 Å². The third kappa shape index (κ3) is 15.5. The van der Waals surface area contributed by atoms with Gasteiger partial charge in [-0.15, -0.1) is 0 Å². The summed E-state index contributed by atoms with van der Waals surface area (Å²) in [6.45, 7) is 3.06. The second-order valence-corrected chi connectivity index (χ2v) is 12.0. The summed E-state index contributed by atoms with van der Waals surface area (Å²) in [5.74, 6) is -6.83. The molecule has 1 rings (SSSR count). The summed E-state index contributed by atoms with van der Waals surface area (Å²) < 4.78 is 10.7. The molecule has 22 nitrogen and oxygen atoms in total. The lowest BCUT2D eigenvalue weighted by atomic mass is 9.96. The van der Waals surface area contributed by atoms with E-state index in [1.807, 2.05) is 0 Å². The van der Waals surface area contributed by atoms with Gasteiger partial charge in [-0.25, -0.2) is 4.79 Å². The van der Waals surface area contributed by atoms with Crippen LogP contribution in [0.3, 0.4) is 0 Å². The smallest absolute Gasteiger partial charge is 0.326 e. The standard InChI is InChI=1S/C29H50N8O14/c1-12(34-26(45)13(2)50-23-21(35-14(3)39)29(49)51-18(11-38)22(23)42)25(44)37-16(24(32)43)7-8-20(41)36-17(28(47)48)6-4-5-9-33-27(46)15(30)10-19(31)40/h12-13,15-18,21-23,29,38,42,49H,4-11,30H2,1-3H3,(H2,31,40)(H2,32,43)(H,33,46)(H,34,45)(H,35,39)(H,36,41)(H,37,44)(H,47,48)/t12-,13+,15-,16+,17-,18+,21+,22+,23+,29?/m0/s1. The molecule has 0 bridgehead atoms. The Morgan fingerprint density at radius 3 is 2.08 bits per heavy atom. The molecule has 7 amide bonds. The molecule has 1 aliphatic heterocycles. The second kappa shape index (κ2) is 21.7. The number of hydrogen-bond donors (Lipinski definition) is 12. The number of aliphatic hydroxyl groups excluding tert-OH is 3. The Morgan fingerprint density at radius 1 is 0.882 bits per heavy atom. The molecule has 1 saturated heterocycles. The van der Waals surface area contributed by atoms with Gasteiger partial charge in [0.2, 0.25) is 41.4 Å². The zero-order valence-electron chi connectivity index (χ0n) is 28.5. The van der Waals surface area contributed by atoms with E-state index in [1.165, 1.54) is 13.8 Å². The van der Waals surface area contributed by atoms with Crippen molar-refractivity contribution >= 4 is 47.3 Å². The van der Waals surface area contributed by atoms with E-state index in [0.29, 0.717) is 6.42 Å². The molecular weight excluding hydrogens is 684 g/mol. The van der Waals surface area contributed by atoms with Crippen LogP contribution in [-0.2, 0) is 47.8 Å².